The lowest BCUT2D eigenvalue weighted by atomic mass is 10.1. The molecule has 3 nitrogen and oxygen atoms in total. The lowest BCUT2D eigenvalue weighted by molar-refractivity contribution is -0.142. The number of thiophene rings is 1. The fourth-order valence-corrected chi connectivity index (χ4v) is 1.71. The third kappa shape index (κ3) is 3.57. The Labute approximate surface area is 81.0 Å². The molecule has 1 atom stereocenters. The van der Waals surface area contributed by atoms with Gasteiger partial charge < -0.3 is 9.84 Å². The summed E-state index contributed by atoms with van der Waals surface area (Å²) < 4.78 is 4.44. The number of aliphatic hydroxyl groups excluding tert-OH is 1. The molecule has 0 unspecified atom stereocenters. The molecule has 0 aliphatic heterocycles. The van der Waals surface area contributed by atoms with Gasteiger partial charge in [0.1, 0.15) is 0 Å². The molecule has 0 saturated carbocycles. The predicted octanol–water partition coefficient (Wildman–Crippen LogP) is 1.21. The molecular formula is C9H12O3S. The number of rotatable bonds is 4. The summed E-state index contributed by atoms with van der Waals surface area (Å²) in [5.41, 5.74) is 1.06. The number of hydrogen-bond donors (Lipinski definition) is 1. The highest BCUT2D eigenvalue weighted by Gasteiger charge is 2.11. The van der Waals surface area contributed by atoms with Crippen molar-refractivity contribution < 1.29 is 14.6 Å². The van der Waals surface area contributed by atoms with Gasteiger partial charge in [0.15, 0.2) is 0 Å². The summed E-state index contributed by atoms with van der Waals surface area (Å²) in [6.45, 7) is 0. The fourth-order valence-electron chi connectivity index (χ4n) is 1.03. The van der Waals surface area contributed by atoms with E-state index in [-0.39, 0.29) is 12.4 Å². The summed E-state index contributed by atoms with van der Waals surface area (Å²) in [7, 11) is 1.32. The molecule has 0 aliphatic carbocycles. The maximum Gasteiger partial charge on any atom is 0.308 e. The van der Waals surface area contributed by atoms with Crippen LogP contribution >= 0.6 is 11.3 Å². The van der Waals surface area contributed by atoms with Crippen molar-refractivity contribution in [3.63, 3.8) is 0 Å². The smallest absolute Gasteiger partial charge is 0.308 e. The van der Waals surface area contributed by atoms with Crippen LogP contribution in [0.4, 0.5) is 0 Å². The van der Waals surface area contributed by atoms with Gasteiger partial charge in [-0.2, -0.15) is 11.3 Å². The highest BCUT2D eigenvalue weighted by atomic mass is 32.1. The van der Waals surface area contributed by atoms with Gasteiger partial charge in [0.2, 0.25) is 0 Å². The largest absolute Gasteiger partial charge is 0.469 e. The first-order valence-electron chi connectivity index (χ1n) is 3.98. The van der Waals surface area contributed by atoms with E-state index in [2.05, 4.69) is 4.74 Å². The Morgan fingerprint density at radius 2 is 2.54 bits per heavy atom. The zero-order valence-electron chi connectivity index (χ0n) is 7.40. The lowest BCUT2D eigenvalue weighted by Gasteiger charge is -2.06. The van der Waals surface area contributed by atoms with E-state index in [4.69, 9.17) is 0 Å². The van der Waals surface area contributed by atoms with Crippen LogP contribution in [-0.4, -0.2) is 24.3 Å². The summed E-state index contributed by atoms with van der Waals surface area (Å²) in [5.74, 6) is -0.372. The van der Waals surface area contributed by atoms with Gasteiger partial charge in [-0.25, -0.2) is 0 Å². The van der Waals surface area contributed by atoms with Crippen LogP contribution in [0.15, 0.2) is 16.8 Å². The van der Waals surface area contributed by atoms with E-state index < -0.39 is 6.10 Å². The van der Waals surface area contributed by atoms with E-state index in [1.807, 2.05) is 16.8 Å². The van der Waals surface area contributed by atoms with E-state index >= 15 is 0 Å². The van der Waals surface area contributed by atoms with Crippen molar-refractivity contribution in [1.29, 1.82) is 0 Å². The number of hydrogen-bond acceptors (Lipinski definition) is 4. The first-order chi connectivity index (χ1) is 6.22. The standard InChI is InChI=1S/C9H12O3S/c1-12-9(11)5-8(10)4-7-2-3-13-6-7/h2-3,6,8,10H,4-5H2,1H3/t8-/m1/s1. The second-order valence-corrected chi connectivity index (χ2v) is 3.55. The van der Waals surface area contributed by atoms with Gasteiger partial charge >= 0.3 is 5.97 Å². The molecule has 0 fully saturated rings. The Morgan fingerprint density at radius 1 is 1.77 bits per heavy atom. The minimum absolute atomic E-state index is 0.0619. The normalized spacial score (nSPS) is 12.5. The van der Waals surface area contributed by atoms with Gasteiger partial charge in [0.25, 0.3) is 0 Å². The minimum Gasteiger partial charge on any atom is -0.469 e. The van der Waals surface area contributed by atoms with E-state index in [0.717, 1.165) is 5.56 Å². The zero-order chi connectivity index (χ0) is 9.68. The van der Waals surface area contributed by atoms with Crippen molar-refractivity contribution in [1.82, 2.24) is 0 Å². The number of esters is 1. The van der Waals surface area contributed by atoms with Crippen LogP contribution in [0.1, 0.15) is 12.0 Å². The van der Waals surface area contributed by atoms with Crippen LogP contribution in [0.5, 0.6) is 0 Å². The third-order valence-corrected chi connectivity index (χ3v) is 2.41. The van der Waals surface area contributed by atoms with E-state index in [1.165, 1.54) is 7.11 Å². The molecule has 0 saturated heterocycles. The molecule has 0 aromatic carbocycles. The molecule has 1 aromatic rings. The summed E-state index contributed by atoms with van der Waals surface area (Å²) in [5, 5.41) is 13.3. The first kappa shape index (κ1) is 10.2. The molecule has 0 aliphatic rings. The Hall–Kier alpha value is -0.870. The molecule has 1 aromatic heterocycles. The number of aliphatic hydroxyl groups is 1. The van der Waals surface area contributed by atoms with Crippen LogP contribution in [0.3, 0.4) is 0 Å². The topological polar surface area (TPSA) is 46.5 Å². The highest BCUT2D eigenvalue weighted by Crippen LogP contribution is 2.10. The van der Waals surface area contributed by atoms with Crippen LogP contribution in [0.25, 0.3) is 0 Å². The summed E-state index contributed by atoms with van der Waals surface area (Å²) in [6.07, 6.45) is -0.0626. The molecule has 72 valence electrons. The quantitative estimate of drug-likeness (QED) is 0.743. The van der Waals surface area contributed by atoms with Gasteiger partial charge in [-0.3, -0.25) is 4.79 Å². The molecular weight excluding hydrogens is 188 g/mol. The number of carbonyl (C=O) groups excluding carboxylic acids is 1. The predicted molar refractivity (Wildman–Crippen MR) is 50.7 cm³/mol. The molecule has 1 rings (SSSR count). The Kier molecular flexibility index (Phi) is 3.92. The average molecular weight is 200 g/mol. The molecule has 0 spiro atoms. The lowest BCUT2D eigenvalue weighted by Crippen LogP contribution is -2.16. The van der Waals surface area contributed by atoms with Crippen molar-refractivity contribution in [2.24, 2.45) is 0 Å². The number of carbonyl (C=O) groups is 1. The average Bonchev–Trinajstić information content (AvgIpc) is 2.56. The zero-order valence-corrected chi connectivity index (χ0v) is 8.21. The van der Waals surface area contributed by atoms with Crippen molar-refractivity contribution in [2.75, 3.05) is 7.11 Å². The first-order valence-corrected chi connectivity index (χ1v) is 4.92. The molecule has 1 N–H and O–H groups in total. The third-order valence-electron chi connectivity index (χ3n) is 1.68. The molecule has 0 bridgehead atoms. The van der Waals surface area contributed by atoms with E-state index in [9.17, 15) is 9.90 Å². The summed E-state index contributed by atoms with van der Waals surface area (Å²) >= 11 is 1.58. The molecule has 0 amide bonds. The second-order valence-electron chi connectivity index (χ2n) is 2.77. The summed E-state index contributed by atoms with van der Waals surface area (Å²) in [4.78, 5) is 10.8. The van der Waals surface area contributed by atoms with Crippen molar-refractivity contribution >= 4 is 17.3 Å². The van der Waals surface area contributed by atoms with Crippen LogP contribution in [-0.2, 0) is 16.0 Å². The van der Waals surface area contributed by atoms with Crippen LogP contribution in [0, 0.1) is 0 Å². The van der Waals surface area contributed by atoms with Crippen molar-refractivity contribution in [3.05, 3.63) is 22.4 Å². The van der Waals surface area contributed by atoms with Gasteiger partial charge in [0, 0.05) is 0 Å². The molecule has 4 heteroatoms. The van der Waals surface area contributed by atoms with Crippen molar-refractivity contribution in [2.45, 2.75) is 18.9 Å². The minimum atomic E-state index is -0.637. The Morgan fingerprint density at radius 3 is 3.08 bits per heavy atom. The number of methoxy groups -OCH3 is 1. The number of ether oxygens (including phenoxy) is 1. The maximum atomic E-state index is 10.8. The van der Waals surface area contributed by atoms with Crippen LogP contribution < -0.4 is 0 Å². The maximum absolute atomic E-state index is 10.8. The summed E-state index contributed by atoms with van der Waals surface area (Å²) in [6, 6.07) is 1.94. The van der Waals surface area contributed by atoms with E-state index in [1.54, 1.807) is 11.3 Å². The second kappa shape index (κ2) is 4.99. The van der Waals surface area contributed by atoms with Gasteiger partial charge in [-0.15, -0.1) is 0 Å². The van der Waals surface area contributed by atoms with E-state index in [0.29, 0.717) is 6.42 Å². The van der Waals surface area contributed by atoms with Crippen LogP contribution in [0.2, 0.25) is 0 Å². The van der Waals surface area contributed by atoms with Crippen molar-refractivity contribution in [3.8, 4) is 0 Å². The molecule has 0 radical (unpaired) electrons. The van der Waals surface area contributed by atoms with Gasteiger partial charge in [0.05, 0.1) is 19.6 Å². The molecule has 13 heavy (non-hydrogen) atoms. The Balaban J connectivity index is 2.33. The monoisotopic (exact) mass is 200 g/mol. The fraction of sp³-hybridized carbons (Fsp3) is 0.444. The Bertz CT molecular complexity index is 256. The van der Waals surface area contributed by atoms with Gasteiger partial charge in [-0.1, -0.05) is 0 Å². The van der Waals surface area contributed by atoms with Gasteiger partial charge in [-0.05, 0) is 28.8 Å². The SMILES string of the molecule is COC(=O)C[C@H](O)Cc1ccsc1. The molecule has 1 heterocycles. The highest BCUT2D eigenvalue weighted by molar-refractivity contribution is 7.07.